The number of aromatic nitrogens is 1. The van der Waals surface area contributed by atoms with Crippen LogP contribution in [0.15, 0.2) is 51.2 Å². The molecule has 1 aliphatic rings. The van der Waals surface area contributed by atoms with Gasteiger partial charge >= 0.3 is 12.3 Å². The average molecular weight is 525 g/mol. The lowest BCUT2D eigenvalue weighted by Crippen LogP contribution is -2.29. The number of nitrogens with one attached hydrogen (secondary N) is 1. The van der Waals surface area contributed by atoms with E-state index in [1.54, 1.807) is 6.07 Å². The Morgan fingerprint density at radius 2 is 1.94 bits per heavy atom. The predicted octanol–water partition coefficient (Wildman–Crippen LogP) is 5.31. The number of hydrogen-bond acceptors (Lipinski definition) is 6. The molecule has 33 heavy (non-hydrogen) atoms. The maximum Gasteiger partial charge on any atom is 0.503 e. The van der Waals surface area contributed by atoms with E-state index in [1.807, 2.05) is 25.1 Å². The number of carboxylic acid groups (broad SMARTS) is 2. The summed E-state index contributed by atoms with van der Waals surface area (Å²) >= 11 is 6.85. The van der Waals surface area contributed by atoms with Crippen LogP contribution in [0.4, 0.5) is 18.0 Å². The van der Waals surface area contributed by atoms with E-state index in [9.17, 15) is 21.6 Å². The molecule has 1 aliphatic carbocycles. The Balaban J connectivity index is 0.000000709. The normalized spacial score (nSPS) is 20.1. The maximum atomic E-state index is 12.7. The molecule has 1 fully saturated rings. The second-order valence-corrected chi connectivity index (χ2v) is 10.7. The van der Waals surface area contributed by atoms with Crippen LogP contribution in [0.25, 0.3) is 10.6 Å². The molecule has 1 aromatic carbocycles. The van der Waals surface area contributed by atoms with Crippen molar-refractivity contribution >= 4 is 39.1 Å². The highest BCUT2D eigenvalue weighted by molar-refractivity contribution is 7.91. The van der Waals surface area contributed by atoms with Gasteiger partial charge in [-0.2, -0.15) is 13.2 Å². The van der Waals surface area contributed by atoms with Crippen LogP contribution in [-0.2, 0) is 21.6 Å². The van der Waals surface area contributed by atoms with Gasteiger partial charge in [-0.15, -0.1) is 11.3 Å². The fourth-order valence-corrected chi connectivity index (χ4v) is 5.89. The minimum atomic E-state index is -4.66. The van der Waals surface area contributed by atoms with Crippen molar-refractivity contribution in [2.24, 2.45) is 0 Å². The SMILES string of the molecule is C[C@]1(c2cccc(Cl)c2)C[C@@H]1NS(=O)(=O)c1ccc(-c2cc(C(F)(F)F)on2)s1.O=C(O)O. The van der Waals surface area contributed by atoms with E-state index in [2.05, 4.69) is 14.4 Å². The van der Waals surface area contributed by atoms with Crippen LogP contribution in [0.2, 0.25) is 5.02 Å². The summed E-state index contributed by atoms with van der Waals surface area (Å²) in [6.07, 6.45) is -5.88. The summed E-state index contributed by atoms with van der Waals surface area (Å²) < 4.78 is 70.4. The van der Waals surface area contributed by atoms with E-state index >= 15 is 0 Å². The number of hydrogen-bond donors (Lipinski definition) is 3. The molecular weight excluding hydrogens is 509 g/mol. The molecular formula is C19H16ClF3N2O6S2. The molecule has 8 nitrogen and oxygen atoms in total. The van der Waals surface area contributed by atoms with Crippen molar-refractivity contribution in [3.8, 4) is 10.6 Å². The van der Waals surface area contributed by atoms with Crippen LogP contribution in [0.1, 0.15) is 24.7 Å². The van der Waals surface area contributed by atoms with Crippen LogP contribution in [0.3, 0.4) is 0 Å². The Morgan fingerprint density at radius 1 is 1.27 bits per heavy atom. The zero-order valence-corrected chi connectivity index (χ0v) is 19.0. The van der Waals surface area contributed by atoms with E-state index < -0.39 is 28.1 Å². The van der Waals surface area contributed by atoms with Gasteiger partial charge in [-0.25, -0.2) is 17.9 Å². The molecule has 0 amide bonds. The Labute approximate surface area is 194 Å². The number of thiophene rings is 1. The summed E-state index contributed by atoms with van der Waals surface area (Å²) in [5.41, 5.74) is 0.497. The number of rotatable bonds is 5. The third-order valence-electron chi connectivity index (χ3n) is 4.91. The van der Waals surface area contributed by atoms with E-state index in [4.69, 9.17) is 26.6 Å². The monoisotopic (exact) mass is 524 g/mol. The fourth-order valence-electron chi connectivity index (χ4n) is 3.07. The molecule has 2 atom stereocenters. The highest BCUT2D eigenvalue weighted by atomic mass is 35.5. The van der Waals surface area contributed by atoms with Gasteiger partial charge in [-0.1, -0.05) is 35.8 Å². The molecule has 3 aromatic rings. The molecule has 0 radical (unpaired) electrons. The highest BCUT2D eigenvalue weighted by Gasteiger charge is 2.53. The molecule has 0 bridgehead atoms. The fraction of sp³-hybridized carbons (Fsp3) is 0.263. The van der Waals surface area contributed by atoms with Crippen molar-refractivity contribution in [1.82, 2.24) is 9.88 Å². The minimum absolute atomic E-state index is 0.00981. The summed E-state index contributed by atoms with van der Waals surface area (Å²) in [4.78, 5) is 8.82. The van der Waals surface area contributed by atoms with E-state index in [1.165, 1.54) is 12.1 Å². The lowest BCUT2D eigenvalue weighted by Gasteiger charge is -2.13. The van der Waals surface area contributed by atoms with Crippen LogP contribution in [0, 0.1) is 0 Å². The highest BCUT2D eigenvalue weighted by Crippen LogP contribution is 2.49. The number of halogens is 4. The lowest BCUT2D eigenvalue weighted by molar-refractivity contribution is -0.155. The molecule has 0 spiro atoms. The van der Waals surface area contributed by atoms with Gasteiger partial charge in [0.15, 0.2) is 0 Å². The third kappa shape index (κ3) is 5.85. The molecule has 0 aliphatic heterocycles. The van der Waals surface area contributed by atoms with Gasteiger partial charge in [0, 0.05) is 22.5 Å². The molecule has 3 N–H and O–H groups in total. The lowest BCUT2D eigenvalue weighted by atomic mass is 9.98. The average Bonchev–Trinajstić information content (AvgIpc) is 3.12. The standard InChI is InChI=1S/C18H14ClF3N2O3S2.CH2O3/c1-17(10-3-2-4-11(19)7-10)9-14(17)24-29(25,26)16-6-5-13(28-16)12-8-15(27-23-12)18(20,21)22;2-1(3)4/h2-8,14,24H,9H2,1H3;(H2,2,3,4)/t14-,17+;/m0./s1. The van der Waals surface area contributed by atoms with Gasteiger partial charge in [-0.3, -0.25) is 0 Å². The van der Waals surface area contributed by atoms with Gasteiger partial charge in [-0.05, 0) is 36.2 Å². The zero-order valence-electron chi connectivity index (χ0n) is 16.6. The largest absolute Gasteiger partial charge is 0.503 e. The molecule has 2 heterocycles. The Kier molecular flexibility index (Phi) is 6.80. The topological polar surface area (TPSA) is 130 Å². The second-order valence-electron chi connectivity index (χ2n) is 7.28. The number of alkyl halides is 3. The first-order valence-corrected chi connectivity index (χ1v) is 11.7. The van der Waals surface area contributed by atoms with E-state index in [0.717, 1.165) is 23.0 Å². The van der Waals surface area contributed by atoms with E-state index in [0.29, 0.717) is 11.4 Å². The minimum Gasteiger partial charge on any atom is -0.450 e. The molecule has 2 aromatic heterocycles. The number of carbonyl (C=O) groups is 1. The molecule has 4 rings (SSSR count). The second kappa shape index (κ2) is 8.97. The number of nitrogens with zero attached hydrogens (tertiary/aromatic N) is 1. The summed E-state index contributed by atoms with van der Waals surface area (Å²) in [6.45, 7) is 1.94. The summed E-state index contributed by atoms with van der Waals surface area (Å²) in [5, 5.41) is 17.9. The van der Waals surface area contributed by atoms with Crippen molar-refractivity contribution in [2.75, 3.05) is 0 Å². The number of sulfonamides is 1. The molecule has 0 saturated heterocycles. The third-order valence-corrected chi connectivity index (χ3v) is 8.21. The van der Waals surface area contributed by atoms with Crippen LogP contribution in [0.5, 0.6) is 0 Å². The van der Waals surface area contributed by atoms with Gasteiger partial charge < -0.3 is 14.7 Å². The first-order chi connectivity index (χ1) is 15.2. The van der Waals surface area contributed by atoms with Crippen molar-refractivity contribution < 1.29 is 41.1 Å². The Hall–Kier alpha value is -2.61. The van der Waals surface area contributed by atoms with Gasteiger partial charge in [0.2, 0.25) is 15.8 Å². The maximum absolute atomic E-state index is 12.7. The van der Waals surface area contributed by atoms with Crippen molar-refractivity contribution in [3.63, 3.8) is 0 Å². The Bertz CT molecular complexity index is 1270. The smallest absolute Gasteiger partial charge is 0.450 e. The quantitative estimate of drug-likeness (QED) is 0.412. The summed E-state index contributed by atoms with van der Waals surface area (Å²) in [7, 11) is -3.84. The molecule has 0 unspecified atom stereocenters. The zero-order chi connectivity index (χ0) is 24.6. The van der Waals surface area contributed by atoms with Crippen molar-refractivity contribution in [1.29, 1.82) is 0 Å². The van der Waals surface area contributed by atoms with E-state index in [-0.39, 0.29) is 26.2 Å². The van der Waals surface area contributed by atoms with Crippen molar-refractivity contribution in [3.05, 3.63) is 58.8 Å². The first-order valence-electron chi connectivity index (χ1n) is 9.07. The molecule has 14 heteroatoms. The predicted molar refractivity (Wildman–Crippen MR) is 113 cm³/mol. The Morgan fingerprint density at radius 3 is 2.52 bits per heavy atom. The molecule has 178 valence electrons. The summed E-state index contributed by atoms with van der Waals surface area (Å²) in [6, 6.07) is 10.4. The number of benzene rings is 1. The van der Waals surface area contributed by atoms with Crippen LogP contribution in [-0.4, -0.2) is 36.0 Å². The first kappa shape index (κ1) is 25.0. The van der Waals surface area contributed by atoms with Gasteiger partial charge in [0.1, 0.15) is 9.90 Å². The summed E-state index contributed by atoms with van der Waals surface area (Å²) in [5.74, 6) is -1.24. The van der Waals surface area contributed by atoms with Crippen LogP contribution < -0.4 is 4.72 Å². The molecule has 1 saturated carbocycles. The van der Waals surface area contributed by atoms with Crippen molar-refractivity contribution in [2.45, 2.75) is 35.2 Å². The van der Waals surface area contributed by atoms with Gasteiger partial charge in [0.25, 0.3) is 0 Å². The van der Waals surface area contributed by atoms with Gasteiger partial charge in [0.05, 0.1) is 4.88 Å². The van der Waals surface area contributed by atoms with Crippen LogP contribution >= 0.6 is 22.9 Å².